The molecule has 7 heteroatoms. The van der Waals surface area contributed by atoms with Crippen LogP contribution in [-0.4, -0.2) is 26.8 Å². The second kappa shape index (κ2) is 5.73. The molecule has 2 aromatic carbocycles. The van der Waals surface area contributed by atoms with Crippen LogP contribution in [0.3, 0.4) is 0 Å². The number of benzene rings is 2. The quantitative estimate of drug-likeness (QED) is 0.862. The Bertz CT molecular complexity index is 769. The molecule has 0 aromatic heterocycles. The lowest BCUT2D eigenvalue weighted by molar-refractivity contribution is -0.137. The first-order chi connectivity index (χ1) is 10.1. The Morgan fingerprint density at radius 2 is 1.55 bits per heavy atom. The van der Waals surface area contributed by atoms with Gasteiger partial charge in [-0.15, -0.1) is 0 Å². The smallest absolute Gasteiger partial charge is 0.207 e. The van der Waals surface area contributed by atoms with Crippen molar-refractivity contribution in [2.45, 2.75) is 11.1 Å². The van der Waals surface area contributed by atoms with E-state index < -0.39 is 21.8 Å². The summed E-state index contributed by atoms with van der Waals surface area (Å²) in [5.41, 5.74) is -0.216. The van der Waals surface area contributed by atoms with Gasteiger partial charge in [0.05, 0.1) is 10.5 Å². The van der Waals surface area contributed by atoms with Crippen molar-refractivity contribution in [1.29, 1.82) is 0 Å². The molecule has 22 heavy (non-hydrogen) atoms. The molecular formula is C15H14F3NO2S. The van der Waals surface area contributed by atoms with Crippen molar-refractivity contribution in [2.75, 3.05) is 14.1 Å². The maximum Gasteiger partial charge on any atom is 0.416 e. The molecule has 0 saturated carbocycles. The summed E-state index contributed by atoms with van der Waals surface area (Å²) in [6, 6.07) is 11.2. The fraction of sp³-hybridized carbons (Fsp3) is 0.200. The zero-order valence-corrected chi connectivity index (χ0v) is 12.7. The van der Waals surface area contributed by atoms with Crippen LogP contribution >= 0.6 is 0 Å². The molecule has 118 valence electrons. The van der Waals surface area contributed by atoms with Crippen LogP contribution in [0.15, 0.2) is 53.4 Å². The number of halogens is 3. The molecule has 0 saturated heterocycles. The summed E-state index contributed by atoms with van der Waals surface area (Å²) < 4.78 is 64.3. The Hall–Kier alpha value is -1.86. The van der Waals surface area contributed by atoms with Crippen LogP contribution in [0.1, 0.15) is 5.56 Å². The fourth-order valence-electron chi connectivity index (χ4n) is 1.96. The van der Waals surface area contributed by atoms with Gasteiger partial charge in [-0.1, -0.05) is 36.4 Å². The highest BCUT2D eigenvalue weighted by atomic mass is 32.2. The second-order valence-electron chi connectivity index (χ2n) is 4.86. The second-order valence-corrected chi connectivity index (χ2v) is 6.98. The van der Waals surface area contributed by atoms with E-state index in [-0.39, 0.29) is 10.5 Å². The third-order valence-electron chi connectivity index (χ3n) is 3.15. The predicted octanol–water partition coefficient (Wildman–Crippen LogP) is 3.62. The SMILES string of the molecule is CN(C)S(=O)(=O)c1cc(C(F)(F)F)ccc1-c1ccccc1. The zero-order chi connectivity index (χ0) is 16.5. The molecule has 0 spiro atoms. The molecule has 0 aliphatic rings. The largest absolute Gasteiger partial charge is 0.416 e. The summed E-state index contributed by atoms with van der Waals surface area (Å²) >= 11 is 0. The minimum absolute atomic E-state index is 0.238. The van der Waals surface area contributed by atoms with Crippen molar-refractivity contribution in [3.8, 4) is 11.1 Å². The highest BCUT2D eigenvalue weighted by molar-refractivity contribution is 7.89. The van der Waals surface area contributed by atoms with E-state index in [0.717, 1.165) is 10.4 Å². The Morgan fingerprint density at radius 1 is 0.955 bits per heavy atom. The number of hydrogen-bond acceptors (Lipinski definition) is 2. The summed E-state index contributed by atoms with van der Waals surface area (Å²) in [4.78, 5) is -0.362. The maximum atomic E-state index is 12.9. The Balaban J connectivity index is 2.75. The van der Waals surface area contributed by atoms with E-state index >= 15 is 0 Å². The zero-order valence-electron chi connectivity index (χ0n) is 11.9. The molecule has 0 aliphatic carbocycles. The van der Waals surface area contributed by atoms with Crippen molar-refractivity contribution >= 4 is 10.0 Å². The minimum Gasteiger partial charge on any atom is -0.207 e. The Labute approximate surface area is 127 Å². The van der Waals surface area contributed by atoms with Gasteiger partial charge in [-0.25, -0.2) is 12.7 Å². The lowest BCUT2D eigenvalue weighted by atomic mass is 10.0. The van der Waals surface area contributed by atoms with E-state index in [9.17, 15) is 21.6 Å². The van der Waals surface area contributed by atoms with Crippen LogP contribution in [0.25, 0.3) is 11.1 Å². The molecule has 0 fully saturated rings. The number of nitrogens with zero attached hydrogens (tertiary/aromatic N) is 1. The molecule has 2 aromatic rings. The molecule has 0 atom stereocenters. The van der Waals surface area contributed by atoms with Crippen molar-refractivity contribution < 1.29 is 21.6 Å². The van der Waals surface area contributed by atoms with Gasteiger partial charge in [0, 0.05) is 19.7 Å². The average molecular weight is 329 g/mol. The fourth-order valence-corrected chi connectivity index (χ4v) is 3.10. The molecule has 0 aliphatic heterocycles. The van der Waals surface area contributed by atoms with Crippen molar-refractivity contribution in [3.63, 3.8) is 0 Å². The van der Waals surface area contributed by atoms with E-state index in [1.165, 1.54) is 20.2 Å². The standard InChI is InChI=1S/C15H14F3NO2S/c1-19(2)22(20,21)14-10-12(15(16,17)18)8-9-13(14)11-6-4-3-5-7-11/h3-10H,1-2H3. The molecule has 0 bridgehead atoms. The summed E-state index contributed by atoms with van der Waals surface area (Å²) in [6.45, 7) is 0. The van der Waals surface area contributed by atoms with E-state index in [4.69, 9.17) is 0 Å². The van der Waals surface area contributed by atoms with E-state index in [2.05, 4.69) is 0 Å². The first-order valence-corrected chi connectivity index (χ1v) is 7.77. The van der Waals surface area contributed by atoms with Gasteiger partial charge in [0.1, 0.15) is 0 Å². The molecule has 0 unspecified atom stereocenters. The third-order valence-corrected chi connectivity index (χ3v) is 5.01. The normalized spacial score (nSPS) is 12.6. The average Bonchev–Trinajstić information content (AvgIpc) is 2.46. The van der Waals surface area contributed by atoms with Crippen LogP contribution in [0.2, 0.25) is 0 Å². The van der Waals surface area contributed by atoms with E-state index in [1.54, 1.807) is 30.3 Å². The number of sulfonamides is 1. The number of alkyl halides is 3. The van der Waals surface area contributed by atoms with E-state index in [1.807, 2.05) is 0 Å². The molecule has 3 nitrogen and oxygen atoms in total. The van der Waals surface area contributed by atoms with Gasteiger partial charge in [0.15, 0.2) is 0 Å². The summed E-state index contributed by atoms with van der Waals surface area (Å²) in [6.07, 6.45) is -4.61. The summed E-state index contributed by atoms with van der Waals surface area (Å²) in [5.74, 6) is 0. The predicted molar refractivity (Wildman–Crippen MR) is 77.8 cm³/mol. The van der Waals surface area contributed by atoms with Gasteiger partial charge in [0.25, 0.3) is 0 Å². The van der Waals surface area contributed by atoms with Gasteiger partial charge in [-0.2, -0.15) is 13.2 Å². The third kappa shape index (κ3) is 3.15. The summed E-state index contributed by atoms with van der Waals surface area (Å²) in [5, 5.41) is 0. The van der Waals surface area contributed by atoms with Crippen LogP contribution < -0.4 is 0 Å². The van der Waals surface area contributed by atoms with Gasteiger partial charge < -0.3 is 0 Å². The highest BCUT2D eigenvalue weighted by Crippen LogP contribution is 2.35. The van der Waals surface area contributed by atoms with Crippen molar-refractivity contribution in [2.24, 2.45) is 0 Å². The maximum absolute atomic E-state index is 12.9. The topological polar surface area (TPSA) is 37.4 Å². The first-order valence-electron chi connectivity index (χ1n) is 6.33. The van der Waals surface area contributed by atoms with Crippen LogP contribution in [0.4, 0.5) is 13.2 Å². The Morgan fingerprint density at radius 3 is 2.05 bits per heavy atom. The van der Waals surface area contributed by atoms with Crippen molar-refractivity contribution in [3.05, 3.63) is 54.1 Å². The van der Waals surface area contributed by atoms with Crippen molar-refractivity contribution in [1.82, 2.24) is 4.31 Å². The first kappa shape index (κ1) is 16.5. The van der Waals surface area contributed by atoms with Gasteiger partial charge in [0.2, 0.25) is 10.0 Å². The Kier molecular flexibility index (Phi) is 4.30. The highest BCUT2D eigenvalue weighted by Gasteiger charge is 2.33. The number of hydrogen-bond donors (Lipinski definition) is 0. The van der Waals surface area contributed by atoms with Gasteiger partial charge in [-0.3, -0.25) is 0 Å². The molecule has 0 N–H and O–H groups in total. The number of rotatable bonds is 3. The molecule has 0 heterocycles. The molecule has 0 radical (unpaired) electrons. The molecule has 0 amide bonds. The molecule has 2 rings (SSSR count). The lowest BCUT2D eigenvalue weighted by Crippen LogP contribution is -2.23. The van der Waals surface area contributed by atoms with E-state index in [0.29, 0.717) is 11.6 Å². The van der Waals surface area contributed by atoms with Crippen LogP contribution in [0.5, 0.6) is 0 Å². The monoisotopic (exact) mass is 329 g/mol. The van der Waals surface area contributed by atoms with Crippen LogP contribution in [0, 0.1) is 0 Å². The van der Waals surface area contributed by atoms with Gasteiger partial charge in [-0.05, 0) is 17.7 Å². The summed E-state index contributed by atoms with van der Waals surface area (Å²) in [7, 11) is -1.44. The lowest BCUT2D eigenvalue weighted by Gasteiger charge is -2.17. The molecular weight excluding hydrogens is 315 g/mol. The minimum atomic E-state index is -4.61. The van der Waals surface area contributed by atoms with Crippen LogP contribution in [-0.2, 0) is 16.2 Å². The van der Waals surface area contributed by atoms with Gasteiger partial charge >= 0.3 is 6.18 Å².